The van der Waals surface area contributed by atoms with Crippen LogP contribution in [0.15, 0.2) is 12.5 Å². The molecule has 2 unspecified atom stereocenters. The molecule has 2 aliphatic heterocycles. The fourth-order valence-corrected chi connectivity index (χ4v) is 2.96. The van der Waals surface area contributed by atoms with Crippen LogP contribution in [0.3, 0.4) is 0 Å². The quantitative estimate of drug-likeness (QED) is 0.858. The van der Waals surface area contributed by atoms with E-state index in [1.165, 1.54) is 12.1 Å². The number of rotatable bonds is 4. The Morgan fingerprint density at radius 3 is 3.28 bits per heavy atom. The molecule has 0 aromatic carbocycles. The van der Waals surface area contributed by atoms with Crippen molar-refractivity contribution in [3.63, 3.8) is 0 Å². The lowest BCUT2D eigenvalue weighted by molar-refractivity contribution is -0.0300. The predicted molar refractivity (Wildman–Crippen MR) is 67.6 cm³/mol. The third-order valence-corrected chi connectivity index (χ3v) is 4.18. The summed E-state index contributed by atoms with van der Waals surface area (Å²) in [6, 6.07) is 0. The zero-order chi connectivity index (χ0) is 12.4. The number of methoxy groups -OCH3 is 1. The second kappa shape index (κ2) is 4.99. The number of nitrogens with zero attached hydrogens (tertiary/aromatic N) is 2. The maximum atomic E-state index is 5.70. The molecule has 1 aromatic heterocycles. The minimum atomic E-state index is -0.165. The third kappa shape index (κ3) is 2.18. The van der Waals surface area contributed by atoms with E-state index in [2.05, 4.69) is 14.9 Å². The molecule has 2 aliphatic rings. The summed E-state index contributed by atoms with van der Waals surface area (Å²) in [5, 5.41) is 3.41. The molecule has 1 N–H and O–H groups in total. The van der Waals surface area contributed by atoms with E-state index in [1.807, 2.05) is 12.5 Å². The zero-order valence-corrected chi connectivity index (χ0v) is 10.9. The highest BCUT2D eigenvalue weighted by atomic mass is 16.5. The minimum absolute atomic E-state index is 0.165. The van der Waals surface area contributed by atoms with Crippen molar-refractivity contribution in [1.82, 2.24) is 14.9 Å². The number of hydrogen-bond donors (Lipinski definition) is 1. The van der Waals surface area contributed by atoms with Crippen LogP contribution in [0.1, 0.15) is 24.5 Å². The monoisotopic (exact) mass is 251 g/mol. The van der Waals surface area contributed by atoms with E-state index >= 15 is 0 Å². The van der Waals surface area contributed by atoms with Crippen molar-refractivity contribution in [3.8, 4) is 0 Å². The number of ether oxygens (including phenoxy) is 2. The van der Waals surface area contributed by atoms with Crippen LogP contribution in [-0.2, 0) is 16.0 Å². The second-order valence-electron chi connectivity index (χ2n) is 5.33. The molecule has 0 amide bonds. The van der Waals surface area contributed by atoms with Crippen molar-refractivity contribution in [1.29, 1.82) is 0 Å². The fourth-order valence-electron chi connectivity index (χ4n) is 2.96. The summed E-state index contributed by atoms with van der Waals surface area (Å²) >= 11 is 0. The molecule has 0 bridgehead atoms. The van der Waals surface area contributed by atoms with Crippen molar-refractivity contribution in [2.75, 3.05) is 33.4 Å². The lowest BCUT2D eigenvalue weighted by Crippen LogP contribution is -2.37. The lowest BCUT2D eigenvalue weighted by atomic mass is 10.0. The van der Waals surface area contributed by atoms with Crippen LogP contribution in [0.25, 0.3) is 0 Å². The highest BCUT2D eigenvalue weighted by molar-refractivity contribution is 5.10. The summed E-state index contributed by atoms with van der Waals surface area (Å²) in [5.41, 5.74) is 1.16. The standard InChI is InChI=1S/C13H21N3O2/c1-17-13(3-5-18-9-13)8-16-10-15-7-12(16)11-2-4-14-6-11/h7,10-11,14H,2-6,8-9H2,1H3. The van der Waals surface area contributed by atoms with Crippen LogP contribution in [0.4, 0.5) is 0 Å². The average Bonchev–Trinajstić information content (AvgIpc) is 3.10. The van der Waals surface area contributed by atoms with Gasteiger partial charge >= 0.3 is 0 Å². The van der Waals surface area contributed by atoms with Crippen LogP contribution in [0.2, 0.25) is 0 Å². The summed E-state index contributed by atoms with van der Waals surface area (Å²) in [6.45, 7) is 4.48. The third-order valence-electron chi connectivity index (χ3n) is 4.18. The Hall–Kier alpha value is -0.910. The zero-order valence-electron chi connectivity index (χ0n) is 10.9. The van der Waals surface area contributed by atoms with E-state index in [-0.39, 0.29) is 5.60 Å². The van der Waals surface area contributed by atoms with E-state index in [0.29, 0.717) is 12.5 Å². The topological polar surface area (TPSA) is 48.3 Å². The fraction of sp³-hybridized carbons (Fsp3) is 0.769. The Morgan fingerprint density at radius 2 is 2.61 bits per heavy atom. The van der Waals surface area contributed by atoms with Crippen molar-refractivity contribution >= 4 is 0 Å². The van der Waals surface area contributed by atoms with Gasteiger partial charge in [-0.15, -0.1) is 0 Å². The lowest BCUT2D eigenvalue weighted by Gasteiger charge is -2.27. The molecule has 18 heavy (non-hydrogen) atoms. The molecule has 3 heterocycles. The van der Waals surface area contributed by atoms with E-state index < -0.39 is 0 Å². The van der Waals surface area contributed by atoms with Gasteiger partial charge in [-0.05, 0) is 13.0 Å². The van der Waals surface area contributed by atoms with Crippen molar-refractivity contribution < 1.29 is 9.47 Å². The van der Waals surface area contributed by atoms with Gasteiger partial charge in [0.25, 0.3) is 0 Å². The molecular formula is C13H21N3O2. The molecule has 5 nitrogen and oxygen atoms in total. The SMILES string of the molecule is COC1(Cn2cncc2C2CCNC2)CCOC1. The van der Waals surface area contributed by atoms with Crippen LogP contribution < -0.4 is 5.32 Å². The molecule has 0 spiro atoms. The van der Waals surface area contributed by atoms with Crippen LogP contribution in [0, 0.1) is 0 Å². The van der Waals surface area contributed by atoms with Gasteiger partial charge in [-0.1, -0.05) is 0 Å². The molecule has 2 atom stereocenters. The average molecular weight is 251 g/mol. The summed E-state index contributed by atoms with van der Waals surface area (Å²) < 4.78 is 13.4. The first-order chi connectivity index (χ1) is 8.83. The Labute approximate surface area is 107 Å². The van der Waals surface area contributed by atoms with Gasteiger partial charge in [0.2, 0.25) is 0 Å². The molecule has 2 saturated heterocycles. The van der Waals surface area contributed by atoms with Gasteiger partial charge in [0, 0.05) is 44.5 Å². The first kappa shape index (κ1) is 12.1. The van der Waals surface area contributed by atoms with E-state index in [4.69, 9.17) is 9.47 Å². The summed E-state index contributed by atoms with van der Waals surface area (Å²) in [5.74, 6) is 0.587. The summed E-state index contributed by atoms with van der Waals surface area (Å²) in [4.78, 5) is 4.31. The molecule has 2 fully saturated rings. The molecular weight excluding hydrogens is 230 g/mol. The maximum Gasteiger partial charge on any atom is 0.111 e. The molecule has 0 aliphatic carbocycles. The van der Waals surface area contributed by atoms with E-state index in [1.54, 1.807) is 7.11 Å². The van der Waals surface area contributed by atoms with Gasteiger partial charge in [-0.25, -0.2) is 4.98 Å². The Kier molecular flexibility index (Phi) is 3.37. The van der Waals surface area contributed by atoms with Gasteiger partial charge < -0.3 is 19.4 Å². The number of nitrogens with one attached hydrogen (secondary N) is 1. The normalized spacial score (nSPS) is 32.2. The largest absolute Gasteiger partial charge is 0.378 e. The Balaban J connectivity index is 1.77. The second-order valence-corrected chi connectivity index (χ2v) is 5.33. The molecule has 5 heteroatoms. The molecule has 3 rings (SSSR count). The molecule has 0 radical (unpaired) electrons. The van der Waals surface area contributed by atoms with Crippen LogP contribution in [0.5, 0.6) is 0 Å². The van der Waals surface area contributed by atoms with E-state index in [0.717, 1.165) is 32.7 Å². The Bertz CT molecular complexity index is 393. The van der Waals surface area contributed by atoms with Gasteiger partial charge in [0.05, 0.1) is 19.5 Å². The summed E-state index contributed by atoms with van der Waals surface area (Å²) in [7, 11) is 1.78. The molecule has 100 valence electrons. The van der Waals surface area contributed by atoms with Crippen molar-refractivity contribution in [3.05, 3.63) is 18.2 Å². The number of imidazole rings is 1. The predicted octanol–water partition coefficient (Wildman–Crippen LogP) is 0.765. The number of hydrogen-bond acceptors (Lipinski definition) is 4. The van der Waals surface area contributed by atoms with E-state index in [9.17, 15) is 0 Å². The van der Waals surface area contributed by atoms with Crippen LogP contribution >= 0.6 is 0 Å². The van der Waals surface area contributed by atoms with Gasteiger partial charge in [0.15, 0.2) is 0 Å². The highest BCUT2D eigenvalue weighted by Gasteiger charge is 2.36. The minimum Gasteiger partial charge on any atom is -0.378 e. The highest BCUT2D eigenvalue weighted by Crippen LogP contribution is 2.28. The summed E-state index contributed by atoms with van der Waals surface area (Å²) in [6.07, 6.45) is 6.08. The van der Waals surface area contributed by atoms with Gasteiger partial charge in [-0.3, -0.25) is 0 Å². The smallest absolute Gasteiger partial charge is 0.111 e. The van der Waals surface area contributed by atoms with Gasteiger partial charge in [0.1, 0.15) is 5.60 Å². The van der Waals surface area contributed by atoms with Crippen molar-refractivity contribution in [2.24, 2.45) is 0 Å². The first-order valence-electron chi connectivity index (χ1n) is 6.67. The maximum absolute atomic E-state index is 5.70. The molecule has 0 saturated carbocycles. The molecule has 1 aromatic rings. The van der Waals surface area contributed by atoms with Crippen molar-refractivity contribution in [2.45, 2.75) is 30.9 Å². The first-order valence-corrected chi connectivity index (χ1v) is 6.67. The van der Waals surface area contributed by atoms with Gasteiger partial charge in [-0.2, -0.15) is 0 Å². The van der Waals surface area contributed by atoms with Crippen LogP contribution in [-0.4, -0.2) is 48.6 Å². The Morgan fingerprint density at radius 1 is 1.67 bits per heavy atom. The number of aromatic nitrogens is 2.